The van der Waals surface area contributed by atoms with Crippen molar-refractivity contribution >= 4 is 39.0 Å². The third-order valence-corrected chi connectivity index (χ3v) is 11.7. The van der Waals surface area contributed by atoms with Gasteiger partial charge in [-0.3, -0.25) is 0 Å². The molecule has 2 heteroatoms. The Kier molecular flexibility index (Phi) is 7.99. The molecule has 55 heavy (non-hydrogen) atoms. The molecule has 1 aliphatic rings. The molecule has 0 amide bonds. The molecule has 0 N–H and O–H groups in total. The predicted octanol–water partition coefficient (Wildman–Crippen LogP) is 15.3. The highest BCUT2D eigenvalue weighted by atomic mass is 16.3. The Morgan fingerprint density at radius 3 is 1.91 bits per heavy atom. The van der Waals surface area contributed by atoms with Crippen molar-refractivity contribution in [3.63, 3.8) is 0 Å². The Bertz CT molecular complexity index is 2750. The van der Waals surface area contributed by atoms with Crippen LogP contribution in [0.1, 0.15) is 77.6 Å². The first kappa shape index (κ1) is 34.9. The second-order valence-corrected chi connectivity index (χ2v) is 17.8. The topological polar surface area (TPSA) is 16.4 Å². The van der Waals surface area contributed by atoms with Crippen molar-refractivity contribution in [3.8, 4) is 33.4 Å². The quantitative estimate of drug-likeness (QED) is 0.176. The molecule has 0 aliphatic heterocycles. The van der Waals surface area contributed by atoms with E-state index in [1.165, 1.54) is 50.1 Å². The molecule has 1 heterocycles. The Morgan fingerprint density at radius 2 is 1.13 bits per heavy atom. The summed E-state index contributed by atoms with van der Waals surface area (Å²) in [5.41, 5.74) is 17.9. The van der Waals surface area contributed by atoms with Crippen LogP contribution in [0.15, 0.2) is 156 Å². The number of rotatable bonds is 5. The molecule has 8 aromatic rings. The smallest absolute Gasteiger partial charge is 0.159 e. The van der Waals surface area contributed by atoms with E-state index in [-0.39, 0.29) is 16.2 Å². The molecule has 1 aromatic heterocycles. The number of hydrogen-bond acceptors (Lipinski definition) is 2. The SMILES string of the molecule is CC(C)(C)c1cc(C(C)(C)C)c2c(c1)C(C)(C)c1cccc(-c3ccccc3N(c3cccc(-c4ccccc4)c3)c3cccc4c3oc3ccccc34)c1-2. The first-order valence-electron chi connectivity index (χ1n) is 19.6. The molecule has 0 bridgehead atoms. The van der Waals surface area contributed by atoms with E-state index in [4.69, 9.17) is 4.42 Å². The van der Waals surface area contributed by atoms with Crippen LogP contribution in [-0.2, 0) is 16.2 Å². The maximum Gasteiger partial charge on any atom is 0.159 e. The third-order valence-electron chi connectivity index (χ3n) is 11.7. The largest absolute Gasteiger partial charge is 0.454 e. The molecule has 9 rings (SSSR count). The summed E-state index contributed by atoms with van der Waals surface area (Å²) in [6.45, 7) is 18.9. The van der Waals surface area contributed by atoms with Gasteiger partial charge >= 0.3 is 0 Å². The molecule has 2 nitrogen and oxygen atoms in total. The summed E-state index contributed by atoms with van der Waals surface area (Å²) in [4.78, 5) is 2.42. The van der Waals surface area contributed by atoms with Crippen LogP contribution < -0.4 is 4.90 Å². The minimum atomic E-state index is -0.166. The van der Waals surface area contributed by atoms with Crippen LogP contribution in [0, 0.1) is 0 Å². The minimum absolute atomic E-state index is 0.0295. The van der Waals surface area contributed by atoms with Gasteiger partial charge in [0.25, 0.3) is 0 Å². The Labute approximate surface area is 326 Å². The molecule has 0 fully saturated rings. The second kappa shape index (κ2) is 12.6. The maximum absolute atomic E-state index is 6.77. The maximum atomic E-state index is 6.77. The normalized spacial score (nSPS) is 13.6. The van der Waals surface area contributed by atoms with Gasteiger partial charge in [-0.1, -0.05) is 177 Å². The average molecular weight is 716 g/mol. The van der Waals surface area contributed by atoms with Crippen LogP contribution in [0.5, 0.6) is 0 Å². The molecule has 0 radical (unpaired) electrons. The van der Waals surface area contributed by atoms with Gasteiger partial charge < -0.3 is 9.32 Å². The Morgan fingerprint density at radius 1 is 0.491 bits per heavy atom. The van der Waals surface area contributed by atoms with Crippen molar-refractivity contribution < 1.29 is 4.42 Å². The van der Waals surface area contributed by atoms with Gasteiger partial charge in [0, 0.05) is 27.4 Å². The predicted molar refractivity (Wildman–Crippen MR) is 234 cm³/mol. The molecule has 0 saturated heterocycles. The van der Waals surface area contributed by atoms with Crippen molar-refractivity contribution in [2.75, 3.05) is 4.90 Å². The van der Waals surface area contributed by atoms with Crippen LogP contribution in [0.4, 0.5) is 17.1 Å². The lowest BCUT2D eigenvalue weighted by Crippen LogP contribution is -2.21. The van der Waals surface area contributed by atoms with Gasteiger partial charge in [0.2, 0.25) is 0 Å². The van der Waals surface area contributed by atoms with Gasteiger partial charge in [-0.05, 0) is 91.2 Å². The minimum Gasteiger partial charge on any atom is -0.454 e. The van der Waals surface area contributed by atoms with Crippen molar-refractivity contribution in [2.24, 2.45) is 0 Å². The Balaban J connectivity index is 1.34. The fraction of sp³-hybridized carbons (Fsp3) is 0.208. The molecule has 7 aromatic carbocycles. The highest BCUT2D eigenvalue weighted by molar-refractivity contribution is 6.11. The number of hydrogen-bond donors (Lipinski definition) is 0. The first-order chi connectivity index (χ1) is 26.3. The molecule has 0 atom stereocenters. The van der Waals surface area contributed by atoms with Crippen molar-refractivity contribution in [1.82, 2.24) is 0 Å². The Hall–Kier alpha value is -5.86. The van der Waals surface area contributed by atoms with E-state index in [2.05, 4.69) is 206 Å². The molecular weight excluding hydrogens is 667 g/mol. The number of fused-ring (bicyclic) bond motifs is 6. The number of nitrogens with zero attached hydrogens (tertiary/aromatic N) is 1. The molecule has 0 spiro atoms. The zero-order chi connectivity index (χ0) is 38.3. The van der Waals surface area contributed by atoms with E-state index in [1.54, 1.807) is 0 Å². The summed E-state index contributed by atoms with van der Waals surface area (Å²) in [6.07, 6.45) is 0. The van der Waals surface area contributed by atoms with Crippen molar-refractivity contribution in [3.05, 3.63) is 174 Å². The van der Waals surface area contributed by atoms with Crippen molar-refractivity contribution in [2.45, 2.75) is 71.6 Å². The van der Waals surface area contributed by atoms with Crippen LogP contribution in [0.3, 0.4) is 0 Å². The average Bonchev–Trinajstić information content (AvgIpc) is 3.67. The fourth-order valence-electron chi connectivity index (χ4n) is 8.81. The standard InChI is InChI=1S/C53H49NO/c1-51(2,3)36-32-43(52(4,5)6)49-44(33-36)53(7,8)42-27-17-25-40(48(42)49)38-23-12-14-28-45(38)54(37-22-16-21-35(31-37)34-19-10-9-11-20-34)46-29-18-26-41-39-24-13-15-30-47(39)55-50(41)46/h9-33H,1-8H3. The van der Waals surface area contributed by atoms with Gasteiger partial charge in [-0.15, -0.1) is 0 Å². The third kappa shape index (κ3) is 5.70. The summed E-state index contributed by atoms with van der Waals surface area (Å²) in [7, 11) is 0. The van der Waals surface area contributed by atoms with Crippen LogP contribution in [-0.4, -0.2) is 0 Å². The zero-order valence-corrected chi connectivity index (χ0v) is 33.3. The van der Waals surface area contributed by atoms with E-state index in [0.29, 0.717) is 0 Å². The van der Waals surface area contributed by atoms with Gasteiger partial charge in [-0.2, -0.15) is 0 Å². The van der Waals surface area contributed by atoms with Crippen LogP contribution in [0.25, 0.3) is 55.3 Å². The summed E-state index contributed by atoms with van der Waals surface area (Å²) in [6, 6.07) is 55.4. The lowest BCUT2D eigenvalue weighted by atomic mass is 9.74. The van der Waals surface area contributed by atoms with Gasteiger partial charge in [0.05, 0.1) is 11.4 Å². The fourth-order valence-corrected chi connectivity index (χ4v) is 8.81. The van der Waals surface area contributed by atoms with Crippen LogP contribution >= 0.6 is 0 Å². The lowest BCUT2D eigenvalue weighted by Gasteiger charge is -2.31. The van der Waals surface area contributed by atoms with Gasteiger partial charge in [-0.25, -0.2) is 0 Å². The van der Waals surface area contributed by atoms with E-state index in [1.807, 2.05) is 6.07 Å². The highest BCUT2D eigenvalue weighted by Gasteiger charge is 2.41. The molecular formula is C53H49NO. The van der Waals surface area contributed by atoms with E-state index < -0.39 is 0 Å². The highest BCUT2D eigenvalue weighted by Crippen LogP contribution is 2.57. The summed E-state index contributed by atoms with van der Waals surface area (Å²) in [5.74, 6) is 0. The molecule has 272 valence electrons. The number of anilines is 3. The first-order valence-corrected chi connectivity index (χ1v) is 19.6. The monoisotopic (exact) mass is 715 g/mol. The second-order valence-electron chi connectivity index (χ2n) is 17.8. The lowest BCUT2D eigenvalue weighted by molar-refractivity contribution is 0.564. The number of para-hydroxylation sites is 3. The zero-order valence-electron chi connectivity index (χ0n) is 33.3. The number of furan rings is 1. The van der Waals surface area contributed by atoms with E-state index >= 15 is 0 Å². The summed E-state index contributed by atoms with van der Waals surface area (Å²) >= 11 is 0. The summed E-state index contributed by atoms with van der Waals surface area (Å²) < 4.78 is 6.77. The number of benzene rings is 7. The summed E-state index contributed by atoms with van der Waals surface area (Å²) in [5, 5.41) is 2.23. The van der Waals surface area contributed by atoms with E-state index in [9.17, 15) is 0 Å². The molecule has 1 aliphatic carbocycles. The van der Waals surface area contributed by atoms with E-state index in [0.717, 1.165) is 44.6 Å². The van der Waals surface area contributed by atoms with Crippen molar-refractivity contribution in [1.29, 1.82) is 0 Å². The van der Waals surface area contributed by atoms with Gasteiger partial charge in [0.15, 0.2) is 5.58 Å². The molecule has 0 saturated carbocycles. The van der Waals surface area contributed by atoms with Gasteiger partial charge in [0.1, 0.15) is 5.58 Å². The van der Waals surface area contributed by atoms with Crippen LogP contribution in [0.2, 0.25) is 0 Å². The molecule has 0 unspecified atom stereocenters.